The number of likely N-dealkylation sites (tertiary alicyclic amines) is 1. The zero-order valence-corrected chi connectivity index (χ0v) is 14.2. The second-order valence-electron chi connectivity index (χ2n) is 7.33. The lowest BCUT2D eigenvalue weighted by Gasteiger charge is -2.39. The summed E-state index contributed by atoms with van der Waals surface area (Å²) in [6.07, 6.45) is 3.28. The van der Waals surface area contributed by atoms with E-state index >= 15 is 0 Å². The maximum absolute atomic E-state index is 10.1. The topological polar surface area (TPSA) is 35.5 Å². The summed E-state index contributed by atoms with van der Waals surface area (Å²) in [7, 11) is 0. The van der Waals surface area contributed by atoms with Crippen LogP contribution in [0.2, 0.25) is 0 Å². The number of hydrogen-bond acceptors (Lipinski definition) is 3. The first kappa shape index (κ1) is 17.9. The van der Waals surface area contributed by atoms with Gasteiger partial charge in [0.15, 0.2) is 0 Å². The number of piperidine rings is 1. The van der Waals surface area contributed by atoms with Crippen molar-refractivity contribution < 1.29 is 5.11 Å². The van der Waals surface area contributed by atoms with E-state index < -0.39 is 0 Å². The predicted molar refractivity (Wildman–Crippen MR) is 86.9 cm³/mol. The lowest BCUT2D eigenvalue weighted by Crippen LogP contribution is -2.50. The molecule has 3 unspecified atom stereocenters. The summed E-state index contributed by atoms with van der Waals surface area (Å²) in [4.78, 5) is 2.54. The molecule has 20 heavy (non-hydrogen) atoms. The van der Waals surface area contributed by atoms with Crippen molar-refractivity contribution in [3.63, 3.8) is 0 Å². The fourth-order valence-corrected chi connectivity index (χ4v) is 3.07. The van der Waals surface area contributed by atoms with Gasteiger partial charge in [-0.25, -0.2) is 0 Å². The highest BCUT2D eigenvalue weighted by Crippen LogP contribution is 2.23. The SMILES string of the molecule is CCN1CC(CC(O)C(C)C)CC(NCCC(C)C)C1. The first-order valence-electron chi connectivity index (χ1n) is 8.56. The van der Waals surface area contributed by atoms with Crippen LogP contribution in [0.15, 0.2) is 0 Å². The lowest BCUT2D eigenvalue weighted by atomic mass is 9.86. The van der Waals surface area contributed by atoms with Gasteiger partial charge in [-0.3, -0.25) is 0 Å². The highest BCUT2D eigenvalue weighted by atomic mass is 16.3. The molecular weight excluding hydrogens is 248 g/mol. The van der Waals surface area contributed by atoms with E-state index in [0.717, 1.165) is 32.0 Å². The minimum Gasteiger partial charge on any atom is -0.393 e. The summed E-state index contributed by atoms with van der Waals surface area (Å²) in [5, 5.41) is 13.9. The molecule has 1 fully saturated rings. The summed E-state index contributed by atoms with van der Waals surface area (Å²) in [5.41, 5.74) is 0. The Labute approximate surface area is 126 Å². The molecule has 0 saturated carbocycles. The van der Waals surface area contributed by atoms with E-state index in [1.54, 1.807) is 0 Å². The average molecular weight is 284 g/mol. The van der Waals surface area contributed by atoms with Crippen molar-refractivity contribution in [2.75, 3.05) is 26.2 Å². The number of likely N-dealkylation sites (N-methyl/N-ethyl adjacent to an activating group) is 1. The average Bonchev–Trinajstić information content (AvgIpc) is 2.37. The van der Waals surface area contributed by atoms with Crippen molar-refractivity contribution in [1.29, 1.82) is 0 Å². The van der Waals surface area contributed by atoms with E-state index in [4.69, 9.17) is 0 Å². The van der Waals surface area contributed by atoms with E-state index in [2.05, 4.69) is 44.8 Å². The molecule has 0 bridgehead atoms. The van der Waals surface area contributed by atoms with Crippen LogP contribution in [0.4, 0.5) is 0 Å². The smallest absolute Gasteiger partial charge is 0.0566 e. The molecule has 1 saturated heterocycles. The van der Waals surface area contributed by atoms with Gasteiger partial charge in [0.05, 0.1) is 6.10 Å². The fourth-order valence-electron chi connectivity index (χ4n) is 3.07. The molecule has 2 N–H and O–H groups in total. The molecule has 0 amide bonds. The highest BCUT2D eigenvalue weighted by Gasteiger charge is 2.28. The van der Waals surface area contributed by atoms with Crippen molar-refractivity contribution >= 4 is 0 Å². The Balaban J connectivity index is 2.42. The van der Waals surface area contributed by atoms with Crippen molar-refractivity contribution in [2.24, 2.45) is 17.8 Å². The Hall–Kier alpha value is -0.120. The minimum absolute atomic E-state index is 0.145. The van der Waals surface area contributed by atoms with E-state index in [9.17, 15) is 5.11 Å². The Morgan fingerprint density at radius 1 is 1.20 bits per heavy atom. The Bertz CT molecular complexity index is 255. The van der Waals surface area contributed by atoms with Gasteiger partial charge in [0.1, 0.15) is 0 Å². The molecule has 3 atom stereocenters. The molecule has 0 aromatic carbocycles. The Morgan fingerprint density at radius 2 is 1.90 bits per heavy atom. The zero-order chi connectivity index (χ0) is 15.1. The second kappa shape index (κ2) is 9.01. The molecule has 0 aromatic heterocycles. The third-order valence-corrected chi connectivity index (χ3v) is 4.56. The third kappa shape index (κ3) is 6.55. The fraction of sp³-hybridized carbons (Fsp3) is 1.00. The van der Waals surface area contributed by atoms with Crippen LogP contribution < -0.4 is 5.32 Å². The maximum atomic E-state index is 10.1. The van der Waals surface area contributed by atoms with E-state index in [0.29, 0.717) is 17.9 Å². The van der Waals surface area contributed by atoms with Gasteiger partial charge in [0.25, 0.3) is 0 Å². The molecule has 0 aromatic rings. The Kier molecular flexibility index (Phi) is 8.08. The van der Waals surface area contributed by atoms with Gasteiger partial charge in [-0.05, 0) is 50.1 Å². The zero-order valence-electron chi connectivity index (χ0n) is 14.2. The molecule has 1 heterocycles. The summed E-state index contributed by atoms with van der Waals surface area (Å²) in [5.74, 6) is 1.78. The van der Waals surface area contributed by atoms with Gasteiger partial charge in [-0.2, -0.15) is 0 Å². The molecule has 1 aliphatic rings. The third-order valence-electron chi connectivity index (χ3n) is 4.56. The summed E-state index contributed by atoms with van der Waals surface area (Å²) in [6, 6.07) is 0.604. The van der Waals surface area contributed by atoms with Gasteiger partial charge >= 0.3 is 0 Å². The lowest BCUT2D eigenvalue weighted by molar-refractivity contribution is 0.0631. The molecule has 0 aliphatic carbocycles. The van der Waals surface area contributed by atoms with Gasteiger partial charge in [0, 0.05) is 19.1 Å². The maximum Gasteiger partial charge on any atom is 0.0566 e. The van der Waals surface area contributed by atoms with E-state index in [1.807, 2.05) is 0 Å². The van der Waals surface area contributed by atoms with Gasteiger partial charge in [0.2, 0.25) is 0 Å². The first-order chi connectivity index (χ1) is 9.42. The number of hydrogen-bond donors (Lipinski definition) is 2. The van der Waals surface area contributed by atoms with Crippen LogP contribution in [0.5, 0.6) is 0 Å². The number of aliphatic hydroxyl groups is 1. The first-order valence-corrected chi connectivity index (χ1v) is 8.56. The molecular formula is C17H36N2O. The van der Waals surface area contributed by atoms with Crippen molar-refractivity contribution in [3.05, 3.63) is 0 Å². The normalized spacial score (nSPS) is 26.4. The van der Waals surface area contributed by atoms with Crippen LogP contribution >= 0.6 is 0 Å². The standard InChI is InChI=1S/C17H36N2O/c1-6-19-11-15(10-17(20)14(4)5)9-16(12-19)18-8-7-13(2)3/h13-18,20H,6-12H2,1-5H3. The number of rotatable bonds is 8. The van der Waals surface area contributed by atoms with Crippen LogP contribution in [0.25, 0.3) is 0 Å². The van der Waals surface area contributed by atoms with Gasteiger partial charge in [-0.15, -0.1) is 0 Å². The molecule has 3 heteroatoms. The van der Waals surface area contributed by atoms with Crippen LogP contribution in [0, 0.1) is 17.8 Å². The second-order valence-corrected chi connectivity index (χ2v) is 7.33. The van der Waals surface area contributed by atoms with Crippen LogP contribution in [0.1, 0.15) is 53.9 Å². The molecule has 0 spiro atoms. The number of nitrogens with one attached hydrogen (secondary N) is 1. The van der Waals surface area contributed by atoms with Crippen LogP contribution in [-0.4, -0.2) is 48.3 Å². The molecule has 1 rings (SSSR count). The number of nitrogens with zero attached hydrogens (tertiary/aromatic N) is 1. The van der Waals surface area contributed by atoms with Crippen LogP contribution in [0.3, 0.4) is 0 Å². The molecule has 1 aliphatic heterocycles. The largest absolute Gasteiger partial charge is 0.393 e. The molecule has 0 radical (unpaired) electrons. The Morgan fingerprint density at radius 3 is 2.45 bits per heavy atom. The quantitative estimate of drug-likeness (QED) is 0.719. The van der Waals surface area contributed by atoms with Crippen molar-refractivity contribution in [1.82, 2.24) is 10.2 Å². The van der Waals surface area contributed by atoms with Gasteiger partial charge < -0.3 is 15.3 Å². The monoisotopic (exact) mass is 284 g/mol. The summed E-state index contributed by atoms with van der Waals surface area (Å²) in [6.45, 7) is 15.6. The predicted octanol–water partition coefficient (Wildman–Crippen LogP) is 2.74. The summed E-state index contributed by atoms with van der Waals surface area (Å²) >= 11 is 0. The minimum atomic E-state index is -0.145. The number of aliphatic hydroxyl groups excluding tert-OH is 1. The van der Waals surface area contributed by atoms with E-state index in [1.165, 1.54) is 19.4 Å². The van der Waals surface area contributed by atoms with E-state index in [-0.39, 0.29) is 6.10 Å². The van der Waals surface area contributed by atoms with Crippen LogP contribution in [-0.2, 0) is 0 Å². The van der Waals surface area contributed by atoms with Crippen molar-refractivity contribution in [2.45, 2.75) is 66.0 Å². The molecule has 120 valence electrons. The highest BCUT2D eigenvalue weighted by molar-refractivity contribution is 4.84. The molecule has 3 nitrogen and oxygen atoms in total. The van der Waals surface area contributed by atoms with Crippen molar-refractivity contribution in [3.8, 4) is 0 Å². The van der Waals surface area contributed by atoms with Gasteiger partial charge in [-0.1, -0.05) is 34.6 Å². The summed E-state index contributed by atoms with van der Waals surface area (Å²) < 4.78 is 0.